The summed E-state index contributed by atoms with van der Waals surface area (Å²) in [6, 6.07) is 1.48. The van der Waals surface area contributed by atoms with Crippen LogP contribution in [0.5, 0.6) is 5.88 Å². The van der Waals surface area contributed by atoms with Gasteiger partial charge in [-0.2, -0.15) is 0 Å². The number of carbonyl (C=O) groups excluding carboxylic acids is 2. The summed E-state index contributed by atoms with van der Waals surface area (Å²) < 4.78 is 0. The topological polar surface area (TPSA) is 124 Å². The van der Waals surface area contributed by atoms with E-state index in [4.69, 9.17) is 0 Å². The van der Waals surface area contributed by atoms with Crippen LogP contribution in [-0.2, 0) is 9.59 Å². The van der Waals surface area contributed by atoms with Gasteiger partial charge in [0.1, 0.15) is 11.4 Å². The fourth-order valence-corrected chi connectivity index (χ4v) is 5.31. The Labute approximate surface area is 253 Å². The number of aromatic hydroxyl groups is 1. The molecule has 236 valence electrons. The molecule has 0 aliphatic carbocycles. The van der Waals surface area contributed by atoms with Crippen molar-refractivity contribution in [3.8, 4) is 5.88 Å². The summed E-state index contributed by atoms with van der Waals surface area (Å²) in [6.45, 7) is 5.59. The molecule has 0 saturated heterocycles. The molecule has 0 spiro atoms. The Morgan fingerprint density at radius 2 is 1.19 bits per heavy atom. The number of hydrogen-bond donors (Lipinski definition) is 4. The molecule has 2 rings (SSSR count). The second-order valence-electron chi connectivity index (χ2n) is 11.7. The number of rotatable bonds is 24. The molecule has 8 nitrogen and oxygen atoms in total. The number of carbonyl (C=O) groups is 2. The first-order valence-corrected chi connectivity index (χ1v) is 16.8. The molecule has 0 radical (unpaired) electrons. The molecule has 2 heterocycles. The van der Waals surface area contributed by atoms with Gasteiger partial charge < -0.3 is 10.4 Å². The quantitative estimate of drug-likeness (QED) is 0.0729. The number of nitrogens with zero attached hydrogens (tertiary/aromatic N) is 1. The third-order valence-corrected chi connectivity index (χ3v) is 7.94. The first-order valence-electron chi connectivity index (χ1n) is 16.8. The maximum atomic E-state index is 12.6. The van der Waals surface area contributed by atoms with Crippen molar-refractivity contribution in [3.63, 3.8) is 0 Å². The van der Waals surface area contributed by atoms with Gasteiger partial charge in [-0.25, -0.2) is 0 Å². The van der Waals surface area contributed by atoms with E-state index < -0.39 is 23.3 Å². The summed E-state index contributed by atoms with van der Waals surface area (Å²) in [6.07, 6.45) is 25.9. The summed E-state index contributed by atoms with van der Waals surface area (Å²) in [4.78, 5) is 44.3. The number of aliphatic imine (C=N–C) groups is 1. The SMILES string of the molecule is CCCCCCCCCCCCN=C1C=C(c2cc(NCCCCCCCCCCCC)c(=O)[nH]c2O)C(=O)NC1=O. The number of aromatic amines is 1. The molecule has 1 aliphatic rings. The molecule has 0 aromatic carbocycles. The number of H-pyrrole nitrogens is 1. The maximum absolute atomic E-state index is 12.6. The normalized spacial score (nSPS) is 14.3. The number of amides is 2. The Morgan fingerprint density at radius 1 is 0.690 bits per heavy atom. The molecule has 8 heteroatoms. The molecule has 0 unspecified atom stereocenters. The van der Waals surface area contributed by atoms with Crippen molar-refractivity contribution < 1.29 is 14.7 Å². The van der Waals surface area contributed by atoms with Crippen LogP contribution in [0, 0.1) is 0 Å². The number of imide groups is 1. The van der Waals surface area contributed by atoms with Gasteiger partial charge in [-0.3, -0.25) is 29.7 Å². The van der Waals surface area contributed by atoms with Gasteiger partial charge in [0.15, 0.2) is 5.88 Å². The molecule has 1 aromatic rings. The fourth-order valence-electron chi connectivity index (χ4n) is 5.31. The van der Waals surface area contributed by atoms with Crippen molar-refractivity contribution in [2.75, 3.05) is 18.4 Å². The van der Waals surface area contributed by atoms with Crippen LogP contribution in [0.4, 0.5) is 5.69 Å². The summed E-state index contributed by atoms with van der Waals surface area (Å²) >= 11 is 0. The Balaban J connectivity index is 1.83. The van der Waals surface area contributed by atoms with E-state index in [0.29, 0.717) is 13.1 Å². The van der Waals surface area contributed by atoms with Gasteiger partial charge in [0.2, 0.25) is 0 Å². The fraction of sp³-hybridized carbons (Fsp3) is 0.706. The van der Waals surface area contributed by atoms with Crippen LogP contribution in [0.25, 0.3) is 5.57 Å². The Morgan fingerprint density at radius 3 is 1.74 bits per heavy atom. The minimum absolute atomic E-state index is 0.104. The second kappa shape index (κ2) is 21.8. The van der Waals surface area contributed by atoms with Gasteiger partial charge in [-0.05, 0) is 25.0 Å². The van der Waals surface area contributed by atoms with Gasteiger partial charge in [-0.15, -0.1) is 0 Å². The van der Waals surface area contributed by atoms with Crippen molar-refractivity contribution in [2.45, 2.75) is 142 Å². The third-order valence-electron chi connectivity index (χ3n) is 7.94. The number of nitrogens with one attached hydrogen (secondary N) is 3. The predicted molar refractivity (Wildman–Crippen MR) is 174 cm³/mol. The van der Waals surface area contributed by atoms with E-state index in [1.54, 1.807) is 0 Å². The lowest BCUT2D eigenvalue weighted by Crippen LogP contribution is -2.40. The van der Waals surface area contributed by atoms with E-state index in [0.717, 1.165) is 32.1 Å². The van der Waals surface area contributed by atoms with Crippen molar-refractivity contribution >= 4 is 28.8 Å². The predicted octanol–water partition coefficient (Wildman–Crippen LogP) is 7.82. The molecule has 1 aliphatic heterocycles. The van der Waals surface area contributed by atoms with Crippen LogP contribution in [0.2, 0.25) is 0 Å². The first kappa shape index (κ1) is 35.3. The average molecular weight is 585 g/mol. The van der Waals surface area contributed by atoms with Crippen LogP contribution in [0.15, 0.2) is 21.9 Å². The highest BCUT2D eigenvalue weighted by Gasteiger charge is 2.27. The maximum Gasteiger partial charge on any atom is 0.276 e. The van der Waals surface area contributed by atoms with Gasteiger partial charge in [0, 0.05) is 18.7 Å². The summed E-state index contributed by atoms with van der Waals surface area (Å²) in [5, 5.41) is 15.9. The number of anilines is 1. The van der Waals surface area contributed by atoms with Crippen molar-refractivity contribution in [2.24, 2.45) is 4.99 Å². The largest absolute Gasteiger partial charge is 0.494 e. The summed E-state index contributed by atoms with van der Waals surface area (Å²) in [5.41, 5.74) is 0.259. The lowest BCUT2D eigenvalue weighted by Gasteiger charge is -2.16. The molecule has 2 amide bonds. The van der Waals surface area contributed by atoms with Gasteiger partial charge >= 0.3 is 0 Å². The van der Waals surface area contributed by atoms with Gasteiger partial charge in [-0.1, -0.05) is 129 Å². The Kier molecular flexibility index (Phi) is 18.3. The van der Waals surface area contributed by atoms with E-state index >= 15 is 0 Å². The van der Waals surface area contributed by atoms with Crippen molar-refractivity contribution in [3.05, 3.63) is 28.1 Å². The molecule has 0 bridgehead atoms. The zero-order chi connectivity index (χ0) is 30.4. The molecule has 42 heavy (non-hydrogen) atoms. The number of aromatic nitrogens is 1. The zero-order valence-corrected chi connectivity index (χ0v) is 26.3. The van der Waals surface area contributed by atoms with Crippen LogP contribution in [-0.4, -0.2) is 40.7 Å². The summed E-state index contributed by atoms with van der Waals surface area (Å²) in [5.74, 6) is -1.57. The molecule has 0 saturated carbocycles. The monoisotopic (exact) mass is 584 g/mol. The molecule has 0 fully saturated rings. The molecule has 1 aromatic heterocycles. The Bertz CT molecular complexity index is 1060. The molecular weight excluding hydrogens is 528 g/mol. The average Bonchev–Trinajstić information content (AvgIpc) is 2.97. The van der Waals surface area contributed by atoms with Crippen LogP contribution < -0.4 is 16.2 Å². The highest BCUT2D eigenvalue weighted by molar-refractivity contribution is 6.53. The van der Waals surface area contributed by atoms with Gasteiger partial charge in [0.25, 0.3) is 17.4 Å². The van der Waals surface area contributed by atoms with E-state index in [1.165, 1.54) is 108 Å². The van der Waals surface area contributed by atoms with Gasteiger partial charge in [0.05, 0.1) is 5.57 Å². The van der Waals surface area contributed by atoms with Crippen molar-refractivity contribution in [1.29, 1.82) is 0 Å². The molecule has 0 atom stereocenters. The number of unbranched alkanes of at least 4 members (excludes halogenated alkanes) is 18. The van der Waals surface area contributed by atoms with Crippen LogP contribution in [0.1, 0.15) is 148 Å². The van der Waals surface area contributed by atoms with E-state index in [2.05, 4.69) is 34.5 Å². The first-order chi connectivity index (χ1) is 20.5. The van der Waals surface area contributed by atoms with Crippen molar-refractivity contribution in [1.82, 2.24) is 10.3 Å². The number of hydrogen-bond acceptors (Lipinski definition) is 6. The highest BCUT2D eigenvalue weighted by atomic mass is 16.3. The lowest BCUT2D eigenvalue weighted by molar-refractivity contribution is -0.123. The summed E-state index contributed by atoms with van der Waals surface area (Å²) in [7, 11) is 0. The van der Waals surface area contributed by atoms with E-state index in [1.807, 2.05) is 0 Å². The minimum atomic E-state index is -0.624. The lowest BCUT2D eigenvalue weighted by atomic mass is 10.0. The highest BCUT2D eigenvalue weighted by Crippen LogP contribution is 2.26. The Hall–Kier alpha value is -2.90. The van der Waals surface area contributed by atoms with Crippen LogP contribution in [0.3, 0.4) is 0 Å². The molecular formula is C34H56N4O4. The second-order valence-corrected chi connectivity index (χ2v) is 11.7. The minimum Gasteiger partial charge on any atom is -0.494 e. The standard InChI is InChI=1S/C34H56N4O4/c1-3-5-7-9-11-13-15-17-19-21-23-35-29-25-27(31(39)37-33(29)41)28-26-30(34(42)38-32(28)40)36-24-22-20-18-16-14-12-10-8-6-4-2/h25-26,35H,3-24H2,1-2H3,(H2,37,39,41)(H,38,40,42). The smallest absolute Gasteiger partial charge is 0.276 e. The van der Waals surface area contributed by atoms with E-state index in [-0.39, 0.29) is 22.5 Å². The van der Waals surface area contributed by atoms with Crippen LogP contribution >= 0.6 is 0 Å². The number of pyridine rings is 1. The third kappa shape index (κ3) is 13.8. The zero-order valence-electron chi connectivity index (χ0n) is 26.3. The molecule has 4 N–H and O–H groups in total. The van der Waals surface area contributed by atoms with E-state index in [9.17, 15) is 19.5 Å².